The molecule has 1 heterocycles. The molecule has 3 nitrogen and oxygen atoms in total. The van der Waals surface area contributed by atoms with E-state index in [9.17, 15) is 13.2 Å². The van der Waals surface area contributed by atoms with Crippen LogP contribution < -0.4 is 5.32 Å². The Morgan fingerprint density at radius 3 is 2.47 bits per heavy atom. The van der Waals surface area contributed by atoms with Crippen LogP contribution in [0.1, 0.15) is 18.1 Å². The van der Waals surface area contributed by atoms with E-state index < -0.39 is 11.7 Å². The van der Waals surface area contributed by atoms with Crippen LogP contribution in [0.2, 0.25) is 0 Å². The van der Waals surface area contributed by atoms with E-state index in [2.05, 4.69) is 10.3 Å². The molecule has 0 bridgehead atoms. The average Bonchev–Trinajstić information content (AvgIpc) is 2.83. The second-order valence-electron chi connectivity index (χ2n) is 4.09. The van der Waals surface area contributed by atoms with E-state index in [1.165, 1.54) is 12.1 Å². The Bertz CT molecular complexity index is 529. The molecule has 0 aliphatic rings. The van der Waals surface area contributed by atoms with Crippen LogP contribution in [0, 0.1) is 0 Å². The number of nitrogens with one attached hydrogen (secondary N) is 1. The summed E-state index contributed by atoms with van der Waals surface area (Å²) in [5, 5.41) is 3.09. The molecule has 102 valence electrons. The zero-order valence-corrected chi connectivity index (χ0v) is 10.4. The molecule has 0 saturated carbocycles. The van der Waals surface area contributed by atoms with Crippen LogP contribution >= 0.6 is 0 Å². The molecule has 0 radical (unpaired) electrons. The molecule has 6 heteroatoms. The summed E-state index contributed by atoms with van der Waals surface area (Å²) in [4.78, 5) is 4.13. The Kier molecular flexibility index (Phi) is 3.78. The zero-order valence-electron chi connectivity index (χ0n) is 10.4. The lowest BCUT2D eigenvalue weighted by Gasteiger charge is -2.09. The van der Waals surface area contributed by atoms with Crippen molar-refractivity contribution >= 4 is 5.95 Å². The first-order valence-corrected chi connectivity index (χ1v) is 5.92. The first-order chi connectivity index (χ1) is 9.00. The summed E-state index contributed by atoms with van der Waals surface area (Å²) < 4.78 is 39.1. The van der Waals surface area contributed by atoms with Crippen molar-refractivity contribution in [3.63, 3.8) is 0 Å². The van der Waals surface area contributed by atoms with Crippen molar-refractivity contribution in [2.45, 2.75) is 26.2 Å². The summed E-state index contributed by atoms with van der Waals surface area (Å²) in [5.41, 5.74) is 0.143. The van der Waals surface area contributed by atoms with Gasteiger partial charge in [-0.3, -0.25) is 0 Å². The van der Waals surface area contributed by atoms with Gasteiger partial charge in [-0.05, 0) is 24.6 Å². The van der Waals surface area contributed by atoms with Gasteiger partial charge in [0.25, 0.3) is 0 Å². The van der Waals surface area contributed by atoms with Gasteiger partial charge in [0.15, 0.2) is 0 Å². The van der Waals surface area contributed by atoms with E-state index >= 15 is 0 Å². The second-order valence-corrected chi connectivity index (χ2v) is 4.09. The number of rotatable bonds is 4. The molecule has 0 aliphatic carbocycles. The van der Waals surface area contributed by atoms with Crippen LogP contribution in [0.3, 0.4) is 0 Å². The Morgan fingerprint density at radius 1 is 1.21 bits per heavy atom. The SMILES string of the molecule is CCn1ccnc1NCc1ccc(C(F)(F)F)cc1. The number of imidazole rings is 1. The van der Waals surface area contributed by atoms with Crippen molar-refractivity contribution in [1.29, 1.82) is 0 Å². The van der Waals surface area contributed by atoms with Crippen LogP contribution in [-0.2, 0) is 19.3 Å². The number of nitrogens with zero attached hydrogens (tertiary/aromatic N) is 2. The molecule has 0 unspecified atom stereocenters. The van der Waals surface area contributed by atoms with Crippen molar-refractivity contribution in [1.82, 2.24) is 9.55 Å². The van der Waals surface area contributed by atoms with Crippen LogP contribution in [0.25, 0.3) is 0 Å². The van der Waals surface area contributed by atoms with Gasteiger partial charge < -0.3 is 9.88 Å². The van der Waals surface area contributed by atoms with Crippen molar-refractivity contribution < 1.29 is 13.2 Å². The molecule has 1 aromatic carbocycles. The van der Waals surface area contributed by atoms with Crippen LogP contribution in [-0.4, -0.2) is 9.55 Å². The van der Waals surface area contributed by atoms with Gasteiger partial charge in [-0.1, -0.05) is 12.1 Å². The van der Waals surface area contributed by atoms with Gasteiger partial charge in [-0.25, -0.2) is 4.98 Å². The van der Waals surface area contributed by atoms with Crippen LogP contribution in [0.5, 0.6) is 0 Å². The fraction of sp³-hybridized carbons (Fsp3) is 0.308. The molecule has 19 heavy (non-hydrogen) atoms. The van der Waals surface area contributed by atoms with Gasteiger partial charge in [-0.2, -0.15) is 13.2 Å². The minimum atomic E-state index is -4.29. The lowest BCUT2D eigenvalue weighted by Crippen LogP contribution is -2.08. The fourth-order valence-electron chi connectivity index (χ4n) is 1.72. The maximum atomic E-state index is 12.4. The summed E-state index contributed by atoms with van der Waals surface area (Å²) in [6.45, 7) is 3.22. The summed E-state index contributed by atoms with van der Waals surface area (Å²) in [7, 11) is 0. The van der Waals surface area contributed by atoms with E-state index in [0.717, 1.165) is 24.2 Å². The first kappa shape index (κ1) is 13.5. The topological polar surface area (TPSA) is 29.9 Å². The number of hydrogen-bond acceptors (Lipinski definition) is 2. The smallest absolute Gasteiger partial charge is 0.352 e. The average molecular weight is 269 g/mol. The molecule has 2 rings (SSSR count). The van der Waals surface area contributed by atoms with Crippen molar-refractivity contribution in [3.05, 3.63) is 47.8 Å². The van der Waals surface area contributed by atoms with Gasteiger partial charge in [0.05, 0.1) is 5.56 Å². The number of benzene rings is 1. The molecule has 2 aromatic rings. The van der Waals surface area contributed by atoms with E-state index in [1.54, 1.807) is 6.20 Å². The minimum absolute atomic E-state index is 0.440. The highest BCUT2D eigenvalue weighted by atomic mass is 19.4. The molecule has 0 saturated heterocycles. The predicted octanol–water partition coefficient (Wildman–Crippen LogP) is 3.53. The molecule has 0 aliphatic heterocycles. The highest BCUT2D eigenvalue weighted by molar-refractivity contribution is 5.31. The molecule has 0 fully saturated rings. The maximum absolute atomic E-state index is 12.4. The Hall–Kier alpha value is -1.98. The van der Waals surface area contributed by atoms with Gasteiger partial charge in [-0.15, -0.1) is 0 Å². The maximum Gasteiger partial charge on any atom is 0.416 e. The summed E-state index contributed by atoms with van der Waals surface area (Å²) in [5.74, 6) is 0.711. The third-order valence-electron chi connectivity index (χ3n) is 2.79. The standard InChI is InChI=1S/C13H14F3N3/c1-2-19-8-7-17-12(19)18-9-10-3-5-11(6-4-10)13(14,15)16/h3-8H,2,9H2,1H3,(H,17,18). The van der Waals surface area contributed by atoms with E-state index in [1.807, 2.05) is 17.7 Å². The Balaban J connectivity index is 2.01. The molecule has 0 atom stereocenters. The lowest BCUT2D eigenvalue weighted by atomic mass is 10.1. The number of aromatic nitrogens is 2. The van der Waals surface area contributed by atoms with Crippen molar-refractivity contribution in [3.8, 4) is 0 Å². The number of anilines is 1. The van der Waals surface area contributed by atoms with Crippen LogP contribution in [0.4, 0.5) is 19.1 Å². The zero-order chi connectivity index (χ0) is 13.9. The van der Waals surface area contributed by atoms with Crippen molar-refractivity contribution in [2.24, 2.45) is 0 Å². The first-order valence-electron chi connectivity index (χ1n) is 5.92. The summed E-state index contributed by atoms with van der Waals surface area (Å²) in [6.07, 6.45) is -0.766. The Labute approximate surface area is 109 Å². The highest BCUT2D eigenvalue weighted by Gasteiger charge is 2.29. The fourth-order valence-corrected chi connectivity index (χ4v) is 1.72. The molecule has 0 amide bonds. The van der Waals surface area contributed by atoms with E-state index in [0.29, 0.717) is 12.5 Å². The third kappa shape index (κ3) is 3.27. The van der Waals surface area contributed by atoms with Gasteiger partial charge in [0, 0.05) is 25.5 Å². The number of aryl methyl sites for hydroxylation is 1. The lowest BCUT2D eigenvalue weighted by molar-refractivity contribution is -0.137. The second kappa shape index (κ2) is 5.34. The van der Waals surface area contributed by atoms with Gasteiger partial charge in [0.2, 0.25) is 5.95 Å². The minimum Gasteiger partial charge on any atom is -0.352 e. The largest absolute Gasteiger partial charge is 0.416 e. The number of alkyl halides is 3. The molecular formula is C13H14F3N3. The summed E-state index contributed by atoms with van der Waals surface area (Å²) in [6, 6.07) is 5.11. The monoisotopic (exact) mass is 269 g/mol. The normalized spacial score (nSPS) is 11.6. The Morgan fingerprint density at radius 2 is 1.89 bits per heavy atom. The van der Waals surface area contributed by atoms with Gasteiger partial charge >= 0.3 is 6.18 Å². The van der Waals surface area contributed by atoms with Crippen molar-refractivity contribution in [2.75, 3.05) is 5.32 Å². The highest BCUT2D eigenvalue weighted by Crippen LogP contribution is 2.29. The molecule has 0 spiro atoms. The van der Waals surface area contributed by atoms with Crippen LogP contribution in [0.15, 0.2) is 36.7 Å². The third-order valence-corrected chi connectivity index (χ3v) is 2.79. The quantitative estimate of drug-likeness (QED) is 0.920. The molecular weight excluding hydrogens is 255 g/mol. The van der Waals surface area contributed by atoms with E-state index in [4.69, 9.17) is 0 Å². The molecule has 1 aromatic heterocycles. The van der Waals surface area contributed by atoms with E-state index in [-0.39, 0.29) is 0 Å². The summed E-state index contributed by atoms with van der Waals surface area (Å²) >= 11 is 0. The van der Waals surface area contributed by atoms with Gasteiger partial charge in [0.1, 0.15) is 0 Å². The number of halogens is 3. The molecule has 1 N–H and O–H groups in total. The number of hydrogen-bond donors (Lipinski definition) is 1. The predicted molar refractivity (Wildman–Crippen MR) is 66.7 cm³/mol.